The lowest BCUT2D eigenvalue weighted by Crippen LogP contribution is -2.29. The topological polar surface area (TPSA) is 63.8 Å². The van der Waals surface area contributed by atoms with E-state index >= 15 is 0 Å². The molecule has 1 rings (SSSR count). The van der Waals surface area contributed by atoms with Crippen LogP contribution in [0.15, 0.2) is 6.07 Å². The van der Waals surface area contributed by atoms with E-state index in [1.165, 1.54) is 0 Å². The molecule has 1 aromatic heterocycles. The first-order valence-electron chi connectivity index (χ1n) is 5.67. The van der Waals surface area contributed by atoms with Gasteiger partial charge in [0.2, 0.25) is 0 Å². The summed E-state index contributed by atoms with van der Waals surface area (Å²) in [5, 5.41) is 7.81. The fraction of sp³-hybridized carbons (Fsp3) is 0.636. The number of nitrogens with one attached hydrogen (secondary N) is 1. The Morgan fingerprint density at radius 2 is 2.00 bits per heavy atom. The van der Waals surface area contributed by atoms with E-state index in [0.717, 1.165) is 5.56 Å². The molecule has 0 saturated carbocycles. The summed E-state index contributed by atoms with van der Waals surface area (Å²) in [5.41, 5.74) is 4.73. The Morgan fingerprint density at radius 3 is 2.56 bits per heavy atom. The van der Waals surface area contributed by atoms with Gasteiger partial charge in [-0.2, -0.15) is 23.4 Å². The minimum absolute atomic E-state index is 0.0270. The number of hydrazine groups is 1. The standard InChI is InChI=1S/C11H17F3N4/c1-7-6-9(8(2)18-17-7)10(16-15)4-3-5-11(12,13)14/h6,10,16H,3-5,15H2,1-2H3. The Labute approximate surface area is 104 Å². The number of nitrogens with zero attached hydrogens (tertiary/aromatic N) is 2. The van der Waals surface area contributed by atoms with E-state index in [9.17, 15) is 13.2 Å². The van der Waals surface area contributed by atoms with Crippen molar-refractivity contribution in [3.05, 3.63) is 23.0 Å². The van der Waals surface area contributed by atoms with Crippen LogP contribution in [0, 0.1) is 13.8 Å². The third-order valence-electron chi connectivity index (χ3n) is 2.67. The van der Waals surface area contributed by atoms with Crippen molar-refractivity contribution in [1.82, 2.24) is 15.6 Å². The van der Waals surface area contributed by atoms with Gasteiger partial charge in [0.05, 0.1) is 11.4 Å². The summed E-state index contributed by atoms with van der Waals surface area (Å²) < 4.78 is 36.2. The number of rotatable bonds is 5. The second-order valence-electron chi connectivity index (χ2n) is 4.25. The van der Waals surface area contributed by atoms with Crippen LogP contribution in [0.2, 0.25) is 0 Å². The van der Waals surface area contributed by atoms with E-state index in [2.05, 4.69) is 15.6 Å². The van der Waals surface area contributed by atoms with Crippen LogP contribution in [0.4, 0.5) is 13.2 Å². The summed E-state index contributed by atoms with van der Waals surface area (Å²) in [6.07, 6.45) is -4.59. The lowest BCUT2D eigenvalue weighted by Gasteiger charge is -2.18. The molecule has 0 amide bonds. The zero-order chi connectivity index (χ0) is 13.8. The molecule has 1 unspecified atom stereocenters. The van der Waals surface area contributed by atoms with Crippen molar-refractivity contribution < 1.29 is 13.2 Å². The van der Waals surface area contributed by atoms with Crippen LogP contribution >= 0.6 is 0 Å². The van der Waals surface area contributed by atoms with Gasteiger partial charge in [-0.05, 0) is 38.3 Å². The van der Waals surface area contributed by atoms with Gasteiger partial charge in [0.1, 0.15) is 0 Å². The first-order valence-corrected chi connectivity index (χ1v) is 5.67. The van der Waals surface area contributed by atoms with Gasteiger partial charge in [0.15, 0.2) is 0 Å². The third kappa shape index (κ3) is 4.58. The van der Waals surface area contributed by atoms with Crippen molar-refractivity contribution in [1.29, 1.82) is 0 Å². The Balaban J connectivity index is 2.68. The lowest BCUT2D eigenvalue weighted by atomic mass is 10.0. The molecule has 0 bridgehead atoms. The zero-order valence-electron chi connectivity index (χ0n) is 10.4. The average molecular weight is 262 g/mol. The zero-order valence-corrected chi connectivity index (χ0v) is 10.4. The Kier molecular flexibility index (Phi) is 5.03. The molecule has 1 atom stereocenters. The van der Waals surface area contributed by atoms with Gasteiger partial charge < -0.3 is 0 Å². The van der Waals surface area contributed by atoms with Crippen LogP contribution in [0.1, 0.15) is 42.3 Å². The Bertz CT molecular complexity index is 392. The summed E-state index contributed by atoms with van der Waals surface area (Å²) in [5.74, 6) is 5.39. The molecule has 3 N–H and O–H groups in total. The predicted octanol–water partition coefficient (Wildman–Crippen LogP) is 2.33. The van der Waals surface area contributed by atoms with Crippen LogP contribution in [0.25, 0.3) is 0 Å². The highest BCUT2D eigenvalue weighted by atomic mass is 19.4. The molecular weight excluding hydrogens is 245 g/mol. The number of hydrogen-bond donors (Lipinski definition) is 2. The van der Waals surface area contributed by atoms with Crippen LogP contribution in [0.5, 0.6) is 0 Å². The molecule has 0 fully saturated rings. The van der Waals surface area contributed by atoms with Gasteiger partial charge in [0.25, 0.3) is 0 Å². The SMILES string of the molecule is Cc1cc(C(CCCC(F)(F)F)NN)c(C)nn1. The molecule has 0 aliphatic carbocycles. The van der Waals surface area contributed by atoms with Crippen molar-refractivity contribution in [3.8, 4) is 0 Å². The normalized spacial score (nSPS) is 13.7. The highest BCUT2D eigenvalue weighted by Crippen LogP contribution is 2.26. The molecule has 0 saturated heterocycles. The van der Waals surface area contributed by atoms with E-state index < -0.39 is 12.6 Å². The number of aryl methyl sites for hydroxylation is 2. The number of alkyl halides is 3. The van der Waals surface area contributed by atoms with Crippen molar-refractivity contribution in [3.63, 3.8) is 0 Å². The van der Waals surface area contributed by atoms with E-state index in [1.807, 2.05) is 0 Å². The number of hydrogen-bond acceptors (Lipinski definition) is 4. The molecule has 0 aliphatic rings. The smallest absolute Gasteiger partial charge is 0.271 e. The summed E-state index contributed by atoms with van der Waals surface area (Å²) >= 11 is 0. The quantitative estimate of drug-likeness (QED) is 0.631. The van der Waals surface area contributed by atoms with Crippen LogP contribution in [0.3, 0.4) is 0 Å². The van der Waals surface area contributed by atoms with Gasteiger partial charge in [-0.15, -0.1) is 0 Å². The van der Waals surface area contributed by atoms with Gasteiger partial charge in [-0.1, -0.05) is 0 Å². The maximum atomic E-state index is 12.1. The van der Waals surface area contributed by atoms with Crippen molar-refractivity contribution in [2.45, 2.75) is 45.3 Å². The van der Waals surface area contributed by atoms with Crippen LogP contribution in [-0.2, 0) is 0 Å². The van der Waals surface area contributed by atoms with E-state index in [1.54, 1.807) is 19.9 Å². The molecule has 0 aliphatic heterocycles. The van der Waals surface area contributed by atoms with Crippen molar-refractivity contribution in [2.75, 3.05) is 0 Å². The van der Waals surface area contributed by atoms with Gasteiger partial charge in [0, 0.05) is 12.5 Å². The first kappa shape index (κ1) is 14.8. The predicted molar refractivity (Wildman–Crippen MR) is 61.5 cm³/mol. The molecule has 102 valence electrons. The number of halogens is 3. The second-order valence-corrected chi connectivity index (χ2v) is 4.25. The molecule has 0 aromatic carbocycles. The maximum Gasteiger partial charge on any atom is 0.389 e. The van der Waals surface area contributed by atoms with Crippen molar-refractivity contribution >= 4 is 0 Å². The molecular formula is C11H17F3N4. The minimum Gasteiger partial charge on any atom is -0.271 e. The second kappa shape index (κ2) is 6.10. The fourth-order valence-corrected chi connectivity index (χ4v) is 1.76. The highest BCUT2D eigenvalue weighted by molar-refractivity contribution is 5.23. The highest BCUT2D eigenvalue weighted by Gasteiger charge is 2.27. The largest absolute Gasteiger partial charge is 0.389 e. The maximum absolute atomic E-state index is 12.1. The first-order chi connectivity index (χ1) is 8.33. The van der Waals surface area contributed by atoms with E-state index in [-0.39, 0.29) is 12.5 Å². The molecule has 0 radical (unpaired) electrons. The summed E-state index contributed by atoms with van der Waals surface area (Å²) in [6.45, 7) is 3.54. The lowest BCUT2D eigenvalue weighted by molar-refractivity contribution is -0.135. The molecule has 0 spiro atoms. The molecule has 1 aromatic rings. The average Bonchev–Trinajstić information content (AvgIpc) is 2.27. The Morgan fingerprint density at radius 1 is 1.33 bits per heavy atom. The van der Waals surface area contributed by atoms with Gasteiger partial charge >= 0.3 is 6.18 Å². The summed E-state index contributed by atoms with van der Waals surface area (Å²) in [6, 6.07) is 1.46. The van der Waals surface area contributed by atoms with Crippen LogP contribution < -0.4 is 11.3 Å². The molecule has 4 nitrogen and oxygen atoms in total. The van der Waals surface area contributed by atoms with Gasteiger partial charge in [-0.3, -0.25) is 11.3 Å². The summed E-state index contributed by atoms with van der Waals surface area (Å²) in [7, 11) is 0. The number of aromatic nitrogens is 2. The molecule has 7 heteroatoms. The Hall–Kier alpha value is -1.21. The van der Waals surface area contributed by atoms with E-state index in [0.29, 0.717) is 17.8 Å². The summed E-state index contributed by atoms with van der Waals surface area (Å²) in [4.78, 5) is 0. The van der Waals surface area contributed by atoms with E-state index in [4.69, 9.17) is 5.84 Å². The third-order valence-corrected chi connectivity index (χ3v) is 2.67. The van der Waals surface area contributed by atoms with Crippen molar-refractivity contribution in [2.24, 2.45) is 5.84 Å². The monoisotopic (exact) mass is 262 g/mol. The van der Waals surface area contributed by atoms with Crippen LogP contribution in [-0.4, -0.2) is 16.4 Å². The molecule has 1 heterocycles. The number of nitrogens with two attached hydrogens (primary N) is 1. The van der Waals surface area contributed by atoms with Gasteiger partial charge in [-0.25, -0.2) is 0 Å². The fourth-order valence-electron chi connectivity index (χ4n) is 1.76. The minimum atomic E-state index is -4.12. The molecule has 18 heavy (non-hydrogen) atoms.